The second-order valence-corrected chi connectivity index (χ2v) is 7.63. The van der Waals surface area contributed by atoms with Crippen LogP contribution in [0.1, 0.15) is 32.1 Å². The summed E-state index contributed by atoms with van der Waals surface area (Å²) in [5.74, 6) is 0.933. The van der Waals surface area contributed by atoms with Crippen molar-refractivity contribution in [3.63, 3.8) is 0 Å². The standard InChI is InChI=1S/C17H23BrN4S/c1-20-16(14-8-7-9-15(18)12-14)19-22(17(20)23)13-21-10-5-3-2-4-6-11-21/h7-9,12H,2-6,10-11,13H2,1H3/p+1. The molecule has 2 aromatic rings. The van der Waals surface area contributed by atoms with Crippen LogP contribution in [0.5, 0.6) is 0 Å². The minimum Gasteiger partial charge on any atom is -0.316 e. The first-order valence-corrected chi connectivity index (χ1v) is 9.58. The average molecular weight is 396 g/mol. The third-order valence-electron chi connectivity index (χ3n) is 4.56. The van der Waals surface area contributed by atoms with Crippen LogP contribution >= 0.6 is 28.1 Å². The number of hydrogen-bond donors (Lipinski definition) is 1. The van der Waals surface area contributed by atoms with Gasteiger partial charge >= 0.3 is 0 Å². The van der Waals surface area contributed by atoms with E-state index in [1.807, 2.05) is 28.4 Å². The summed E-state index contributed by atoms with van der Waals surface area (Å²) in [6.45, 7) is 3.33. The highest BCUT2D eigenvalue weighted by molar-refractivity contribution is 9.10. The fourth-order valence-corrected chi connectivity index (χ4v) is 3.84. The number of halogens is 1. The highest BCUT2D eigenvalue weighted by Gasteiger charge is 2.16. The van der Waals surface area contributed by atoms with Crippen LogP contribution in [0, 0.1) is 4.77 Å². The summed E-state index contributed by atoms with van der Waals surface area (Å²) in [6.07, 6.45) is 6.74. The lowest BCUT2D eigenvalue weighted by Crippen LogP contribution is -3.11. The molecular weight excluding hydrogens is 372 g/mol. The number of aromatic nitrogens is 3. The van der Waals surface area contributed by atoms with Gasteiger partial charge in [-0.15, -0.1) is 5.10 Å². The van der Waals surface area contributed by atoms with Gasteiger partial charge in [-0.25, -0.2) is 0 Å². The molecule has 6 heteroatoms. The van der Waals surface area contributed by atoms with Gasteiger partial charge in [-0.2, -0.15) is 4.68 Å². The quantitative estimate of drug-likeness (QED) is 0.807. The van der Waals surface area contributed by atoms with E-state index in [4.69, 9.17) is 17.3 Å². The molecule has 1 aromatic heterocycles. The van der Waals surface area contributed by atoms with Crippen LogP contribution < -0.4 is 4.90 Å². The van der Waals surface area contributed by atoms with Crippen molar-refractivity contribution in [3.8, 4) is 11.4 Å². The van der Waals surface area contributed by atoms with Crippen molar-refractivity contribution < 1.29 is 4.90 Å². The molecule has 0 unspecified atom stereocenters. The maximum atomic E-state index is 5.61. The van der Waals surface area contributed by atoms with E-state index < -0.39 is 0 Å². The summed E-state index contributed by atoms with van der Waals surface area (Å²) < 4.78 is 5.88. The Bertz CT molecular complexity index is 714. The first kappa shape index (κ1) is 16.9. The van der Waals surface area contributed by atoms with Gasteiger partial charge in [0.15, 0.2) is 12.5 Å². The van der Waals surface area contributed by atoms with Crippen molar-refractivity contribution in [1.82, 2.24) is 14.3 Å². The number of nitrogens with zero attached hydrogens (tertiary/aromatic N) is 3. The lowest BCUT2D eigenvalue weighted by molar-refractivity contribution is -0.924. The predicted octanol–water partition coefficient (Wildman–Crippen LogP) is 3.19. The lowest BCUT2D eigenvalue weighted by Gasteiger charge is -2.21. The largest absolute Gasteiger partial charge is 0.316 e. The molecule has 0 spiro atoms. The molecular formula is C17H24BrN4S+. The summed E-state index contributed by atoms with van der Waals surface area (Å²) in [5.41, 5.74) is 1.09. The highest BCUT2D eigenvalue weighted by Crippen LogP contribution is 2.21. The monoisotopic (exact) mass is 395 g/mol. The number of nitrogens with one attached hydrogen (secondary N) is 1. The molecule has 1 aromatic carbocycles. The Labute approximate surface area is 151 Å². The first-order chi connectivity index (χ1) is 11.1. The summed E-state index contributed by atoms with van der Waals surface area (Å²) in [6, 6.07) is 8.23. The SMILES string of the molecule is Cn1c(-c2cccc(Br)c2)nn(C[NH+]2CCCCCCC2)c1=S. The van der Waals surface area contributed by atoms with Crippen molar-refractivity contribution in [1.29, 1.82) is 0 Å². The van der Waals surface area contributed by atoms with E-state index in [9.17, 15) is 0 Å². The van der Waals surface area contributed by atoms with E-state index in [2.05, 4.69) is 28.1 Å². The normalized spacial score (nSPS) is 17.0. The zero-order valence-electron chi connectivity index (χ0n) is 13.6. The third kappa shape index (κ3) is 4.11. The van der Waals surface area contributed by atoms with E-state index in [1.54, 1.807) is 4.90 Å². The molecule has 1 aliphatic rings. The topological polar surface area (TPSA) is 27.2 Å². The first-order valence-electron chi connectivity index (χ1n) is 8.38. The Morgan fingerprint density at radius 1 is 1.17 bits per heavy atom. The minimum atomic E-state index is 0.800. The molecule has 1 saturated heterocycles. The molecule has 0 saturated carbocycles. The maximum absolute atomic E-state index is 5.61. The van der Waals surface area contributed by atoms with E-state index in [1.165, 1.54) is 45.2 Å². The zero-order chi connectivity index (χ0) is 16.2. The fraction of sp³-hybridized carbons (Fsp3) is 0.529. The van der Waals surface area contributed by atoms with Gasteiger partial charge in [0.1, 0.15) is 0 Å². The Morgan fingerprint density at radius 3 is 2.57 bits per heavy atom. The van der Waals surface area contributed by atoms with E-state index >= 15 is 0 Å². The summed E-state index contributed by atoms with van der Waals surface area (Å²) >= 11 is 9.15. The molecule has 1 aliphatic heterocycles. The molecule has 0 atom stereocenters. The molecule has 2 heterocycles. The number of rotatable bonds is 3. The lowest BCUT2D eigenvalue weighted by atomic mass is 10.1. The van der Waals surface area contributed by atoms with E-state index in [-0.39, 0.29) is 0 Å². The molecule has 4 nitrogen and oxygen atoms in total. The van der Waals surface area contributed by atoms with E-state index in [0.717, 1.165) is 27.3 Å². The van der Waals surface area contributed by atoms with Crippen molar-refractivity contribution in [2.45, 2.75) is 38.8 Å². The number of benzene rings is 1. The van der Waals surface area contributed by atoms with Gasteiger partial charge in [-0.1, -0.05) is 34.5 Å². The van der Waals surface area contributed by atoms with Crippen molar-refractivity contribution in [2.24, 2.45) is 7.05 Å². The van der Waals surface area contributed by atoms with Crippen molar-refractivity contribution >= 4 is 28.1 Å². The van der Waals surface area contributed by atoms with Crippen LogP contribution in [0.2, 0.25) is 0 Å². The Balaban J connectivity index is 1.83. The van der Waals surface area contributed by atoms with Crippen molar-refractivity contribution in [2.75, 3.05) is 13.1 Å². The van der Waals surface area contributed by atoms with Gasteiger partial charge < -0.3 is 9.47 Å². The van der Waals surface area contributed by atoms with Crippen LogP contribution in [-0.4, -0.2) is 27.4 Å². The van der Waals surface area contributed by atoms with Gasteiger partial charge in [0.25, 0.3) is 0 Å². The maximum Gasteiger partial charge on any atom is 0.202 e. The second kappa shape index (κ2) is 7.73. The smallest absolute Gasteiger partial charge is 0.202 e. The number of likely N-dealkylation sites (tertiary alicyclic amines) is 1. The second-order valence-electron chi connectivity index (χ2n) is 6.35. The van der Waals surface area contributed by atoms with Crippen LogP contribution in [-0.2, 0) is 13.7 Å². The zero-order valence-corrected chi connectivity index (χ0v) is 16.0. The van der Waals surface area contributed by atoms with Crippen LogP contribution in [0.15, 0.2) is 28.7 Å². The molecule has 124 valence electrons. The number of hydrogen-bond acceptors (Lipinski definition) is 2. The van der Waals surface area contributed by atoms with Gasteiger partial charge in [0.2, 0.25) is 4.77 Å². The fourth-order valence-electron chi connectivity index (χ4n) is 3.25. The van der Waals surface area contributed by atoms with E-state index in [0.29, 0.717) is 0 Å². The summed E-state index contributed by atoms with van der Waals surface area (Å²) in [5, 5.41) is 4.80. The predicted molar refractivity (Wildman–Crippen MR) is 98.9 cm³/mol. The third-order valence-corrected chi connectivity index (χ3v) is 5.54. The van der Waals surface area contributed by atoms with Gasteiger partial charge in [0, 0.05) is 17.1 Å². The molecule has 1 N–H and O–H groups in total. The highest BCUT2D eigenvalue weighted by atomic mass is 79.9. The van der Waals surface area contributed by atoms with Gasteiger partial charge in [-0.05, 0) is 50.0 Å². The van der Waals surface area contributed by atoms with Gasteiger partial charge in [0.05, 0.1) is 13.1 Å². The van der Waals surface area contributed by atoms with Crippen LogP contribution in [0.3, 0.4) is 0 Å². The van der Waals surface area contributed by atoms with Crippen molar-refractivity contribution in [3.05, 3.63) is 33.5 Å². The Morgan fingerprint density at radius 2 is 1.87 bits per heavy atom. The average Bonchev–Trinajstić information content (AvgIpc) is 2.78. The van der Waals surface area contributed by atoms with Crippen LogP contribution in [0.25, 0.3) is 11.4 Å². The number of quaternary nitrogens is 1. The molecule has 1 fully saturated rings. The molecule has 0 amide bonds. The minimum absolute atomic E-state index is 0.800. The summed E-state index contributed by atoms with van der Waals surface area (Å²) in [4.78, 5) is 1.60. The Kier molecular flexibility index (Phi) is 5.67. The van der Waals surface area contributed by atoms with Crippen LogP contribution in [0.4, 0.5) is 0 Å². The molecule has 3 rings (SSSR count). The Hall–Kier alpha value is -0.980. The molecule has 0 bridgehead atoms. The van der Waals surface area contributed by atoms with Gasteiger partial charge in [-0.3, -0.25) is 0 Å². The molecule has 0 radical (unpaired) electrons. The summed E-state index contributed by atoms with van der Waals surface area (Å²) in [7, 11) is 2.00. The molecule has 0 aliphatic carbocycles. The molecule has 23 heavy (non-hydrogen) atoms.